The largest absolute Gasteiger partial charge is 0.453 e. The summed E-state index contributed by atoms with van der Waals surface area (Å²) in [6.45, 7) is 5.56. The van der Waals surface area contributed by atoms with Gasteiger partial charge in [0.15, 0.2) is 0 Å². The van der Waals surface area contributed by atoms with Crippen molar-refractivity contribution < 1.29 is 19.1 Å². The van der Waals surface area contributed by atoms with Crippen LogP contribution in [-0.4, -0.2) is 30.0 Å². The normalized spacial score (nSPS) is 11.4. The summed E-state index contributed by atoms with van der Waals surface area (Å²) >= 11 is 1.49. The van der Waals surface area contributed by atoms with Crippen molar-refractivity contribution in [1.82, 2.24) is 10.3 Å². The summed E-state index contributed by atoms with van der Waals surface area (Å²) in [7, 11) is 1.26. The number of hydrogen-bond acceptors (Lipinski definition) is 6. The first kappa shape index (κ1) is 19.4. The Hall–Kier alpha value is -2.94. The number of thiazole rings is 1. The van der Waals surface area contributed by atoms with E-state index in [0.717, 1.165) is 15.6 Å². The highest BCUT2D eigenvalue weighted by molar-refractivity contribution is 7.11. The van der Waals surface area contributed by atoms with E-state index < -0.39 is 17.9 Å². The lowest BCUT2D eigenvalue weighted by Gasteiger charge is -2.13. The van der Waals surface area contributed by atoms with Crippen molar-refractivity contribution in [2.45, 2.75) is 26.8 Å². The number of nitrogens with one attached hydrogen (secondary N) is 3. The van der Waals surface area contributed by atoms with E-state index >= 15 is 0 Å². The minimum atomic E-state index is -0.774. The molecule has 138 valence electrons. The van der Waals surface area contributed by atoms with Crippen LogP contribution in [0.25, 0.3) is 0 Å². The third-order valence-corrected chi connectivity index (χ3v) is 4.72. The fourth-order valence-corrected chi connectivity index (χ4v) is 3.20. The highest BCUT2D eigenvalue weighted by atomic mass is 32.1. The van der Waals surface area contributed by atoms with Gasteiger partial charge in [0.25, 0.3) is 0 Å². The maximum Gasteiger partial charge on any atom is 0.411 e. The molecule has 3 N–H and O–H groups in total. The van der Waals surface area contributed by atoms with Gasteiger partial charge in [-0.25, -0.2) is 9.78 Å². The van der Waals surface area contributed by atoms with Crippen molar-refractivity contribution in [2.24, 2.45) is 0 Å². The fraction of sp³-hybridized carbons (Fsp3) is 0.294. The number of benzene rings is 1. The molecule has 1 aromatic carbocycles. The van der Waals surface area contributed by atoms with Gasteiger partial charge < -0.3 is 15.4 Å². The molecule has 0 saturated heterocycles. The minimum absolute atomic E-state index is 0.314. The van der Waals surface area contributed by atoms with Crippen molar-refractivity contribution in [3.8, 4) is 0 Å². The molecule has 0 bridgehead atoms. The molecule has 0 aliphatic carbocycles. The summed E-state index contributed by atoms with van der Waals surface area (Å²) in [6.07, 6.45) is -0.594. The highest BCUT2D eigenvalue weighted by Crippen LogP contribution is 2.24. The van der Waals surface area contributed by atoms with Crippen molar-refractivity contribution in [3.63, 3.8) is 0 Å². The van der Waals surface area contributed by atoms with Gasteiger partial charge in [-0.1, -0.05) is 0 Å². The number of aryl methyl sites for hydroxylation is 2. The number of carbonyl (C=O) groups is 3. The molecular weight excluding hydrogens is 356 g/mol. The van der Waals surface area contributed by atoms with Crippen LogP contribution in [0.3, 0.4) is 0 Å². The molecule has 26 heavy (non-hydrogen) atoms. The van der Waals surface area contributed by atoms with Crippen molar-refractivity contribution in [3.05, 3.63) is 39.8 Å². The molecule has 0 saturated carbocycles. The number of rotatable bonds is 4. The van der Waals surface area contributed by atoms with E-state index in [9.17, 15) is 14.4 Å². The molecule has 0 radical (unpaired) electrons. The molecule has 2 rings (SSSR count). The third kappa shape index (κ3) is 5.03. The van der Waals surface area contributed by atoms with E-state index in [0.29, 0.717) is 11.4 Å². The van der Waals surface area contributed by atoms with Gasteiger partial charge in [0.2, 0.25) is 0 Å². The molecule has 8 nitrogen and oxygen atoms in total. The first-order valence-electron chi connectivity index (χ1n) is 7.81. The predicted molar refractivity (Wildman–Crippen MR) is 99.2 cm³/mol. The van der Waals surface area contributed by atoms with Gasteiger partial charge in [-0.05, 0) is 45.0 Å². The van der Waals surface area contributed by atoms with Crippen LogP contribution in [0.5, 0.6) is 0 Å². The van der Waals surface area contributed by atoms with E-state index in [1.54, 1.807) is 31.2 Å². The molecule has 9 heteroatoms. The summed E-state index contributed by atoms with van der Waals surface area (Å²) < 4.78 is 4.49. The molecule has 3 amide bonds. The maximum atomic E-state index is 12.1. The summed E-state index contributed by atoms with van der Waals surface area (Å²) in [4.78, 5) is 40.5. The SMILES string of the molecule is COC(=O)Nc1ccc(NC(=O)C(=O)NC(C)c2sc(C)nc2C)cc1. The van der Waals surface area contributed by atoms with E-state index in [-0.39, 0.29) is 6.04 Å². The number of carbonyl (C=O) groups excluding carboxylic acids is 3. The number of nitrogens with zero attached hydrogens (tertiary/aromatic N) is 1. The fourth-order valence-electron chi connectivity index (χ4n) is 2.27. The van der Waals surface area contributed by atoms with Crippen LogP contribution in [0.15, 0.2) is 24.3 Å². The van der Waals surface area contributed by atoms with Crippen molar-refractivity contribution in [1.29, 1.82) is 0 Å². The predicted octanol–water partition coefficient (Wildman–Crippen LogP) is 2.75. The molecule has 1 aromatic heterocycles. The lowest BCUT2D eigenvalue weighted by atomic mass is 10.2. The van der Waals surface area contributed by atoms with E-state index in [1.165, 1.54) is 18.4 Å². The lowest BCUT2D eigenvalue weighted by Crippen LogP contribution is -2.36. The van der Waals surface area contributed by atoms with Crippen LogP contribution in [0.4, 0.5) is 16.2 Å². The van der Waals surface area contributed by atoms with E-state index in [1.807, 2.05) is 13.8 Å². The number of ether oxygens (including phenoxy) is 1. The Morgan fingerprint density at radius 2 is 1.62 bits per heavy atom. The van der Waals surface area contributed by atoms with E-state index in [4.69, 9.17) is 0 Å². The highest BCUT2D eigenvalue weighted by Gasteiger charge is 2.20. The third-order valence-electron chi connectivity index (χ3n) is 3.46. The van der Waals surface area contributed by atoms with Crippen molar-refractivity contribution >= 4 is 40.6 Å². The molecule has 1 unspecified atom stereocenters. The average Bonchev–Trinajstić information content (AvgIpc) is 2.94. The summed E-state index contributed by atoms with van der Waals surface area (Å²) in [6, 6.07) is 5.98. The van der Waals surface area contributed by atoms with Crippen LogP contribution in [0.1, 0.15) is 28.5 Å². The number of anilines is 2. The Balaban J connectivity index is 1.93. The van der Waals surface area contributed by atoms with Crippen LogP contribution >= 0.6 is 11.3 Å². The van der Waals surface area contributed by atoms with Gasteiger partial charge in [0, 0.05) is 16.3 Å². The Kier molecular flexibility index (Phi) is 6.29. The van der Waals surface area contributed by atoms with Gasteiger partial charge in [-0.15, -0.1) is 11.3 Å². The zero-order valence-corrected chi connectivity index (χ0v) is 15.7. The number of aromatic nitrogens is 1. The van der Waals surface area contributed by atoms with Crippen molar-refractivity contribution in [2.75, 3.05) is 17.7 Å². The Labute approximate surface area is 155 Å². The van der Waals surface area contributed by atoms with Gasteiger partial charge in [-0.3, -0.25) is 14.9 Å². The average molecular weight is 376 g/mol. The zero-order chi connectivity index (χ0) is 19.3. The first-order chi connectivity index (χ1) is 12.3. The maximum absolute atomic E-state index is 12.1. The molecule has 1 atom stereocenters. The molecule has 0 aliphatic heterocycles. The second-order valence-electron chi connectivity index (χ2n) is 5.53. The van der Waals surface area contributed by atoms with Gasteiger partial charge >= 0.3 is 17.9 Å². The number of methoxy groups -OCH3 is 1. The molecule has 2 aromatic rings. The minimum Gasteiger partial charge on any atom is -0.453 e. The van der Waals surface area contributed by atoms with Gasteiger partial charge in [0.1, 0.15) is 0 Å². The van der Waals surface area contributed by atoms with Crippen LogP contribution in [-0.2, 0) is 14.3 Å². The quantitative estimate of drug-likeness (QED) is 0.711. The second kappa shape index (κ2) is 8.43. The lowest BCUT2D eigenvalue weighted by molar-refractivity contribution is -0.136. The molecule has 1 heterocycles. The standard InChI is InChI=1S/C17H20N4O4S/c1-9-14(26-11(3)18-9)10(2)19-15(22)16(23)20-12-5-7-13(8-6-12)21-17(24)25-4/h5-8,10H,1-4H3,(H,19,22)(H,20,23)(H,21,24). The monoisotopic (exact) mass is 376 g/mol. The zero-order valence-electron chi connectivity index (χ0n) is 14.9. The number of amides is 3. The summed E-state index contributed by atoms with van der Waals surface area (Å²) in [5.74, 6) is -1.51. The Morgan fingerprint density at radius 3 is 2.12 bits per heavy atom. The topological polar surface area (TPSA) is 109 Å². The summed E-state index contributed by atoms with van der Waals surface area (Å²) in [5, 5.41) is 8.56. The number of hydrogen-bond donors (Lipinski definition) is 3. The molecule has 0 spiro atoms. The second-order valence-corrected chi connectivity index (χ2v) is 6.76. The first-order valence-corrected chi connectivity index (χ1v) is 8.62. The van der Waals surface area contributed by atoms with Crippen LogP contribution < -0.4 is 16.0 Å². The van der Waals surface area contributed by atoms with Crippen LogP contribution in [0, 0.1) is 13.8 Å². The summed E-state index contributed by atoms with van der Waals surface area (Å²) in [5.41, 5.74) is 1.77. The molecular formula is C17H20N4O4S. The van der Waals surface area contributed by atoms with E-state index in [2.05, 4.69) is 25.7 Å². The molecule has 0 aliphatic rings. The Bertz CT molecular complexity index is 817. The van der Waals surface area contributed by atoms with Gasteiger partial charge in [-0.2, -0.15) is 0 Å². The van der Waals surface area contributed by atoms with Crippen LogP contribution in [0.2, 0.25) is 0 Å². The molecule has 0 fully saturated rings. The van der Waals surface area contributed by atoms with Gasteiger partial charge in [0.05, 0.1) is 23.9 Å². The Morgan fingerprint density at radius 1 is 1.04 bits per heavy atom. The smallest absolute Gasteiger partial charge is 0.411 e.